The lowest BCUT2D eigenvalue weighted by Gasteiger charge is -2.14. The Hall–Kier alpha value is -0.980. The fraction of sp³-hybridized carbons (Fsp3) is 0.545. The minimum atomic E-state index is -3.32. The van der Waals surface area contributed by atoms with Crippen molar-refractivity contribution in [1.29, 1.82) is 0 Å². The molecule has 1 aliphatic carbocycles. The van der Waals surface area contributed by atoms with E-state index in [2.05, 4.69) is 9.71 Å². The largest absolute Gasteiger partial charge is 0.394 e. The van der Waals surface area contributed by atoms with Gasteiger partial charge in [-0.15, -0.1) is 0 Å². The predicted octanol–water partition coefficient (Wildman–Crippen LogP) is 0.0684. The lowest BCUT2D eigenvalue weighted by atomic mass is 10.2. The first-order chi connectivity index (χ1) is 8.05. The van der Waals surface area contributed by atoms with Crippen LogP contribution in [0.5, 0.6) is 0 Å². The quantitative estimate of drug-likeness (QED) is 0.755. The maximum atomic E-state index is 11.8. The van der Waals surface area contributed by atoms with E-state index >= 15 is 0 Å². The van der Waals surface area contributed by atoms with Crippen molar-refractivity contribution in [2.24, 2.45) is 0 Å². The molecule has 17 heavy (non-hydrogen) atoms. The zero-order valence-corrected chi connectivity index (χ0v) is 10.3. The van der Waals surface area contributed by atoms with Gasteiger partial charge in [0.25, 0.3) is 0 Å². The van der Waals surface area contributed by atoms with Crippen LogP contribution in [-0.4, -0.2) is 36.4 Å². The Labute approximate surface area is 101 Å². The second-order valence-electron chi connectivity index (χ2n) is 4.46. The van der Waals surface area contributed by atoms with Crippen molar-refractivity contribution in [3.8, 4) is 0 Å². The van der Waals surface area contributed by atoms with Gasteiger partial charge in [0.1, 0.15) is 0 Å². The molecule has 0 aliphatic heterocycles. The minimum Gasteiger partial charge on any atom is -0.394 e. The van der Waals surface area contributed by atoms with Gasteiger partial charge in [-0.1, -0.05) is 0 Å². The molecule has 0 unspecified atom stereocenters. The van der Waals surface area contributed by atoms with Crippen LogP contribution in [0, 0.1) is 0 Å². The number of nitrogens with zero attached hydrogens (tertiary/aromatic N) is 1. The Kier molecular flexibility index (Phi) is 3.46. The first kappa shape index (κ1) is 12.5. The smallest absolute Gasteiger partial charge is 0.212 e. The van der Waals surface area contributed by atoms with E-state index in [1.807, 2.05) is 0 Å². The van der Waals surface area contributed by atoms with Crippen molar-refractivity contribution >= 4 is 10.0 Å². The van der Waals surface area contributed by atoms with Crippen LogP contribution < -0.4 is 4.72 Å². The summed E-state index contributed by atoms with van der Waals surface area (Å²) in [6.07, 6.45) is 5.19. The average Bonchev–Trinajstić information content (AvgIpc) is 3.08. The van der Waals surface area contributed by atoms with Gasteiger partial charge in [0.2, 0.25) is 10.0 Å². The molecule has 1 saturated carbocycles. The Balaban J connectivity index is 1.90. The molecule has 1 aromatic heterocycles. The van der Waals surface area contributed by atoms with E-state index in [9.17, 15) is 8.42 Å². The summed E-state index contributed by atoms with van der Waals surface area (Å²) >= 11 is 0. The fourth-order valence-electron chi connectivity index (χ4n) is 1.63. The lowest BCUT2D eigenvalue weighted by Crippen LogP contribution is -2.41. The molecule has 0 spiro atoms. The minimum absolute atomic E-state index is 0.0404. The molecule has 0 amide bonds. The Bertz CT molecular complexity index is 469. The van der Waals surface area contributed by atoms with Gasteiger partial charge >= 0.3 is 0 Å². The number of hydrogen-bond donors (Lipinski definition) is 2. The zero-order valence-electron chi connectivity index (χ0n) is 9.46. The third-order valence-electron chi connectivity index (χ3n) is 2.94. The highest BCUT2D eigenvalue weighted by molar-refractivity contribution is 7.89. The molecule has 0 radical (unpaired) electrons. The molecule has 94 valence electrons. The van der Waals surface area contributed by atoms with Crippen molar-refractivity contribution in [3.63, 3.8) is 0 Å². The van der Waals surface area contributed by atoms with Crippen LogP contribution in [-0.2, 0) is 16.4 Å². The summed E-state index contributed by atoms with van der Waals surface area (Å²) in [4.78, 5) is 3.87. The van der Waals surface area contributed by atoms with E-state index in [-0.39, 0.29) is 12.4 Å². The van der Waals surface area contributed by atoms with Gasteiger partial charge in [0.15, 0.2) is 0 Å². The third-order valence-corrected chi connectivity index (χ3v) is 4.42. The molecule has 0 bridgehead atoms. The molecular formula is C11H16N2O3S. The van der Waals surface area contributed by atoms with Gasteiger partial charge in [-0.3, -0.25) is 4.98 Å². The number of nitrogens with one attached hydrogen (secondary N) is 1. The highest BCUT2D eigenvalue weighted by atomic mass is 32.2. The SMILES string of the molecule is O=S(=O)(CCc1ccncc1)NC1(CO)CC1. The van der Waals surface area contributed by atoms with Crippen LogP contribution in [0.15, 0.2) is 24.5 Å². The van der Waals surface area contributed by atoms with Gasteiger partial charge in [-0.2, -0.15) is 0 Å². The predicted molar refractivity (Wildman–Crippen MR) is 63.9 cm³/mol. The molecule has 1 fully saturated rings. The van der Waals surface area contributed by atoms with E-state index in [0.29, 0.717) is 6.42 Å². The molecule has 1 aliphatic rings. The van der Waals surface area contributed by atoms with Crippen LogP contribution in [0.25, 0.3) is 0 Å². The first-order valence-corrected chi connectivity index (χ1v) is 7.22. The topological polar surface area (TPSA) is 79.3 Å². The number of aliphatic hydroxyl groups is 1. The van der Waals surface area contributed by atoms with E-state index in [1.54, 1.807) is 24.5 Å². The van der Waals surface area contributed by atoms with E-state index in [4.69, 9.17) is 5.11 Å². The molecule has 1 aromatic rings. The van der Waals surface area contributed by atoms with Gasteiger partial charge in [0, 0.05) is 12.4 Å². The number of pyridine rings is 1. The van der Waals surface area contributed by atoms with Crippen LogP contribution in [0.3, 0.4) is 0 Å². The Morgan fingerprint density at radius 1 is 1.35 bits per heavy atom. The maximum absolute atomic E-state index is 11.8. The number of aliphatic hydroxyl groups excluding tert-OH is 1. The van der Waals surface area contributed by atoms with E-state index in [1.165, 1.54) is 0 Å². The summed E-state index contributed by atoms with van der Waals surface area (Å²) in [6, 6.07) is 3.60. The van der Waals surface area contributed by atoms with Gasteiger partial charge < -0.3 is 5.11 Å². The first-order valence-electron chi connectivity index (χ1n) is 5.57. The molecule has 0 saturated heterocycles. The summed E-state index contributed by atoms with van der Waals surface area (Å²) < 4.78 is 26.1. The van der Waals surface area contributed by atoms with Crippen molar-refractivity contribution in [1.82, 2.24) is 9.71 Å². The summed E-state index contributed by atoms with van der Waals surface area (Å²) in [5, 5.41) is 9.07. The highest BCUT2D eigenvalue weighted by Crippen LogP contribution is 2.35. The normalized spacial score (nSPS) is 17.9. The second kappa shape index (κ2) is 4.72. The zero-order chi connectivity index (χ0) is 12.4. The molecular weight excluding hydrogens is 240 g/mol. The van der Waals surface area contributed by atoms with Crippen molar-refractivity contribution in [2.75, 3.05) is 12.4 Å². The standard InChI is InChI=1S/C11H16N2O3S/c14-9-11(4-5-11)13-17(15,16)8-3-10-1-6-12-7-2-10/h1-2,6-7,13-14H,3-5,8-9H2. The monoisotopic (exact) mass is 256 g/mol. The average molecular weight is 256 g/mol. The van der Waals surface area contributed by atoms with Crippen LogP contribution in [0.2, 0.25) is 0 Å². The van der Waals surface area contributed by atoms with Gasteiger partial charge in [-0.25, -0.2) is 13.1 Å². The number of rotatable bonds is 6. The molecule has 0 aromatic carbocycles. The van der Waals surface area contributed by atoms with Crippen molar-refractivity contribution in [3.05, 3.63) is 30.1 Å². The highest BCUT2D eigenvalue weighted by Gasteiger charge is 2.45. The number of aromatic nitrogens is 1. The number of sulfonamides is 1. The third kappa shape index (κ3) is 3.49. The molecule has 2 N–H and O–H groups in total. The Morgan fingerprint density at radius 2 is 2.00 bits per heavy atom. The molecule has 1 heterocycles. The molecule has 2 rings (SSSR count). The second-order valence-corrected chi connectivity index (χ2v) is 6.31. The molecule has 0 atom stereocenters. The van der Waals surface area contributed by atoms with E-state index < -0.39 is 15.6 Å². The summed E-state index contributed by atoms with van der Waals surface area (Å²) in [7, 11) is -3.32. The van der Waals surface area contributed by atoms with Crippen molar-refractivity contribution in [2.45, 2.75) is 24.8 Å². The van der Waals surface area contributed by atoms with Crippen LogP contribution in [0.4, 0.5) is 0 Å². The number of hydrogen-bond acceptors (Lipinski definition) is 4. The van der Waals surface area contributed by atoms with Crippen LogP contribution >= 0.6 is 0 Å². The van der Waals surface area contributed by atoms with E-state index in [0.717, 1.165) is 18.4 Å². The lowest BCUT2D eigenvalue weighted by molar-refractivity contribution is 0.246. The van der Waals surface area contributed by atoms with Crippen molar-refractivity contribution < 1.29 is 13.5 Å². The van der Waals surface area contributed by atoms with Crippen LogP contribution in [0.1, 0.15) is 18.4 Å². The Morgan fingerprint density at radius 3 is 2.53 bits per heavy atom. The fourth-order valence-corrected chi connectivity index (χ4v) is 3.16. The summed E-state index contributed by atoms with van der Waals surface area (Å²) in [5.41, 5.74) is 0.371. The maximum Gasteiger partial charge on any atom is 0.212 e. The number of aryl methyl sites for hydroxylation is 1. The molecule has 6 heteroatoms. The molecule has 5 nitrogen and oxygen atoms in total. The summed E-state index contributed by atoms with van der Waals surface area (Å²) in [6.45, 7) is -0.124. The van der Waals surface area contributed by atoms with Gasteiger partial charge in [-0.05, 0) is 37.0 Å². The summed E-state index contributed by atoms with van der Waals surface area (Å²) in [5.74, 6) is 0.0404. The van der Waals surface area contributed by atoms with Gasteiger partial charge in [0.05, 0.1) is 17.9 Å².